The number of aliphatic hydroxyl groups excluding tert-OH is 1. The van der Waals surface area contributed by atoms with Gasteiger partial charge in [-0.15, -0.1) is 0 Å². The van der Waals surface area contributed by atoms with Crippen molar-refractivity contribution < 1.29 is 93.3 Å². The number of carbonyl (C=O) groups is 12. The van der Waals surface area contributed by atoms with Gasteiger partial charge in [-0.25, -0.2) is 4.79 Å². The molecule has 89 heavy (non-hydrogen) atoms. The number of phenols is 3. The molecule has 3 aromatic carbocycles. The lowest BCUT2D eigenvalue weighted by Gasteiger charge is -2.28. The second kappa shape index (κ2) is 37.6. The highest BCUT2D eigenvalue weighted by Crippen LogP contribution is 2.17. The first-order valence-electron chi connectivity index (χ1n) is 28.5. The number of hydrogen-bond donors (Lipinski definition) is 19. The monoisotopic (exact) mass is 1270 g/mol. The summed E-state index contributed by atoms with van der Waals surface area (Å²) in [5.74, 6) is -14.6. The maximum atomic E-state index is 14.2. The lowest BCUT2D eigenvalue weighted by molar-refractivity contribution is -0.143. The molecule has 3 rings (SSSR count). The van der Waals surface area contributed by atoms with Gasteiger partial charge in [0.05, 0.1) is 18.7 Å². The summed E-state index contributed by atoms with van der Waals surface area (Å²) in [7, 11) is 0. The zero-order chi connectivity index (χ0) is 66.5. The van der Waals surface area contributed by atoms with Crippen LogP contribution in [0.15, 0.2) is 72.8 Å². The Labute approximate surface area is 517 Å². The molecule has 0 saturated carbocycles. The number of amides is 9. The standard InChI is InChI=1S/C58H81N11O19S/c1-4-30(2)48(57(86)66-43(27-34-12-18-37(73)19-13-34)54(83)62-39(7-5-6-24-59)51(80)64-41(58(87)88)21-23-47(77)78)68-45(74)28-61-56(85)49(31(3)70)69-55(84)44(29-89)67-52(81)40(20-22-46(75)76)63-53(82)42(26-33-10-16-36(72)17-11-33)65-50(79)38(60)25-32-8-14-35(71)15-9-32/h8-19,30-31,38-44,48-49,70-73,89H,4-7,20-29,59-60H2,1-3H3,(H,61,85)(H,62,83)(H,63,82)(H,64,80)(H,65,79)(H,66,86)(H,67,81)(H,68,74)(H,69,84)(H,75,76)(H,77,78)(H,87,88)/t30-,31+,38-,39-,40-,41-,42-,43-,44-,48-,49-/m0/s1. The molecule has 0 aliphatic heterocycles. The van der Waals surface area contributed by atoms with E-state index in [1.807, 2.05) is 0 Å². The van der Waals surface area contributed by atoms with E-state index in [1.165, 1.54) is 72.8 Å². The lowest BCUT2D eigenvalue weighted by Crippen LogP contribution is -2.61. The molecule has 0 fully saturated rings. The highest BCUT2D eigenvalue weighted by atomic mass is 32.1. The Hall–Kier alpha value is -9.07. The molecule has 11 atom stereocenters. The van der Waals surface area contributed by atoms with Crippen molar-refractivity contribution in [3.63, 3.8) is 0 Å². The van der Waals surface area contributed by atoms with Crippen LogP contribution in [-0.4, -0.2) is 186 Å². The SMILES string of the molecule is CC[C@H](C)[C@H](NC(=O)CNC(=O)[C@@H](NC(=O)[C@H](CS)NC(=O)[C@H](CCC(=O)O)NC(=O)[C@H](Cc1ccc(O)cc1)NC(=O)[C@@H](N)Cc1ccc(O)cc1)[C@@H](C)O)C(=O)N[C@@H](Cc1ccc(O)cc1)C(=O)N[C@@H](CCCCN)C(=O)N[C@@H](CCC(=O)O)C(=O)O. The van der Waals surface area contributed by atoms with Crippen molar-refractivity contribution in [2.75, 3.05) is 18.8 Å². The average molecular weight is 1270 g/mol. The average Bonchev–Trinajstić information content (AvgIpc) is 2.51. The molecule has 0 heterocycles. The Bertz CT molecular complexity index is 2900. The van der Waals surface area contributed by atoms with Crippen LogP contribution in [0.5, 0.6) is 17.2 Å². The minimum absolute atomic E-state index is 0.0196. The number of unbranched alkanes of at least 4 members (excludes halogenated alkanes) is 1. The normalized spacial score (nSPS) is 14.7. The molecular formula is C58H81N11O19S. The largest absolute Gasteiger partial charge is 0.508 e. The molecule has 3 aromatic rings. The van der Waals surface area contributed by atoms with Crippen LogP contribution < -0.4 is 59.3 Å². The van der Waals surface area contributed by atoms with Crippen molar-refractivity contribution in [3.8, 4) is 17.2 Å². The minimum Gasteiger partial charge on any atom is -0.508 e. The number of hydrogen-bond acceptors (Lipinski definition) is 19. The quantitative estimate of drug-likeness (QED) is 0.0207. The molecule has 0 saturated heterocycles. The number of rotatable bonds is 39. The summed E-state index contributed by atoms with van der Waals surface area (Å²) >= 11 is 4.16. The zero-order valence-electron chi connectivity index (χ0n) is 49.3. The van der Waals surface area contributed by atoms with Crippen LogP contribution in [0.1, 0.15) is 88.8 Å². The van der Waals surface area contributed by atoms with Gasteiger partial charge >= 0.3 is 17.9 Å². The van der Waals surface area contributed by atoms with E-state index in [0.29, 0.717) is 23.1 Å². The molecule has 0 bridgehead atoms. The van der Waals surface area contributed by atoms with Crippen LogP contribution in [0.4, 0.5) is 0 Å². The highest BCUT2D eigenvalue weighted by Gasteiger charge is 2.36. The van der Waals surface area contributed by atoms with Crippen molar-refractivity contribution in [2.45, 2.75) is 152 Å². The maximum Gasteiger partial charge on any atom is 0.326 e. The third-order valence-electron chi connectivity index (χ3n) is 14.0. The first-order valence-corrected chi connectivity index (χ1v) is 29.1. The molecule has 9 amide bonds. The molecule has 0 radical (unpaired) electrons. The van der Waals surface area contributed by atoms with Gasteiger partial charge in [0.25, 0.3) is 0 Å². The van der Waals surface area contributed by atoms with E-state index < -0.39 is 175 Å². The summed E-state index contributed by atoms with van der Waals surface area (Å²) in [6, 6.07) is 3.21. The van der Waals surface area contributed by atoms with Crippen molar-refractivity contribution >= 4 is 83.7 Å². The molecular weight excluding hydrogens is 1190 g/mol. The van der Waals surface area contributed by atoms with Crippen LogP contribution in [0.2, 0.25) is 0 Å². The predicted molar refractivity (Wildman–Crippen MR) is 321 cm³/mol. The highest BCUT2D eigenvalue weighted by molar-refractivity contribution is 7.80. The molecule has 20 N–H and O–H groups in total. The summed E-state index contributed by atoms with van der Waals surface area (Å²) in [6.45, 7) is 3.73. The molecule has 488 valence electrons. The summed E-state index contributed by atoms with van der Waals surface area (Å²) < 4.78 is 0. The second-order valence-electron chi connectivity index (χ2n) is 21.1. The summed E-state index contributed by atoms with van der Waals surface area (Å²) in [5, 5.41) is 90.2. The molecule has 0 unspecified atom stereocenters. The number of aliphatic hydroxyl groups is 1. The van der Waals surface area contributed by atoms with Gasteiger partial charge in [-0.3, -0.25) is 52.7 Å². The zero-order valence-corrected chi connectivity index (χ0v) is 50.2. The fourth-order valence-electron chi connectivity index (χ4n) is 8.64. The molecule has 0 spiro atoms. The van der Waals surface area contributed by atoms with Gasteiger partial charge in [-0.1, -0.05) is 56.7 Å². The van der Waals surface area contributed by atoms with Crippen molar-refractivity contribution in [1.29, 1.82) is 0 Å². The van der Waals surface area contributed by atoms with E-state index in [1.54, 1.807) is 13.8 Å². The van der Waals surface area contributed by atoms with Crippen molar-refractivity contribution in [3.05, 3.63) is 89.5 Å². The summed E-state index contributed by atoms with van der Waals surface area (Å²) in [4.78, 5) is 159. The Morgan fingerprint density at radius 1 is 0.472 bits per heavy atom. The fraction of sp³-hybridized carbons (Fsp3) is 0.483. The van der Waals surface area contributed by atoms with E-state index in [2.05, 4.69) is 60.5 Å². The predicted octanol–water partition coefficient (Wildman–Crippen LogP) is -2.55. The first-order chi connectivity index (χ1) is 42.0. The molecule has 30 nitrogen and oxygen atoms in total. The van der Waals surface area contributed by atoms with E-state index in [4.69, 9.17) is 16.6 Å². The van der Waals surface area contributed by atoms with E-state index >= 15 is 0 Å². The number of carboxylic acid groups (broad SMARTS) is 3. The topological polar surface area (TPSA) is 507 Å². The van der Waals surface area contributed by atoms with Crippen LogP contribution >= 0.6 is 12.6 Å². The fourth-order valence-corrected chi connectivity index (χ4v) is 8.90. The smallest absolute Gasteiger partial charge is 0.326 e. The van der Waals surface area contributed by atoms with Gasteiger partial charge in [0, 0.05) is 31.4 Å². The van der Waals surface area contributed by atoms with Crippen molar-refractivity contribution in [1.82, 2.24) is 47.9 Å². The van der Waals surface area contributed by atoms with Crippen LogP contribution in [0.25, 0.3) is 0 Å². The van der Waals surface area contributed by atoms with Gasteiger partial charge in [0.2, 0.25) is 53.2 Å². The number of aliphatic carboxylic acids is 3. The van der Waals surface area contributed by atoms with Crippen LogP contribution in [0.3, 0.4) is 0 Å². The third kappa shape index (κ3) is 26.4. The Morgan fingerprint density at radius 2 is 0.865 bits per heavy atom. The van der Waals surface area contributed by atoms with Gasteiger partial charge in [0.1, 0.15) is 65.6 Å². The summed E-state index contributed by atoms with van der Waals surface area (Å²) in [5.41, 5.74) is 13.2. The van der Waals surface area contributed by atoms with E-state index in [-0.39, 0.29) is 62.3 Å². The number of benzene rings is 3. The van der Waals surface area contributed by atoms with Crippen molar-refractivity contribution in [2.24, 2.45) is 17.4 Å². The first kappa shape index (κ1) is 74.2. The number of nitrogens with one attached hydrogen (secondary N) is 9. The molecule has 31 heteroatoms. The molecule has 0 aliphatic carbocycles. The van der Waals surface area contributed by atoms with Gasteiger partial charge < -0.3 is 95.1 Å². The number of thiol groups is 1. The third-order valence-corrected chi connectivity index (χ3v) is 14.3. The summed E-state index contributed by atoms with van der Waals surface area (Å²) in [6.07, 6.45) is -3.59. The van der Waals surface area contributed by atoms with Crippen LogP contribution in [0, 0.1) is 5.92 Å². The van der Waals surface area contributed by atoms with E-state index in [0.717, 1.165) is 6.92 Å². The van der Waals surface area contributed by atoms with Gasteiger partial charge in [0.15, 0.2) is 0 Å². The second-order valence-corrected chi connectivity index (χ2v) is 21.5. The van der Waals surface area contributed by atoms with Crippen LogP contribution in [-0.2, 0) is 76.8 Å². The van der Waals surface area contributed by atoms with Gasteiger partial charge in [-0.05, 0) is 111 Å². The number of phenolic OH excluding ortho intramolecular Hbond substituents is 3. The van der Waals surface area contributed by atoms with Gasteiger partial charge in [-0.2, -0.15) is 12.6 Å². The Balaban J connectivity index is 1.78. The Morgan fingerprint density at radius 3 is 1.29 bits per heavy atom. The lowest BCUT2D eigenvalue weighted by atomic mass is 9.97. The van der Waals surface area contributed by atoms with E-state index in [9.17, 15) is 88.2 Å². The number of carbonyl (C=O) groups excluding carboxylic acids is 9. The number of aromatic hydroxyl groups is 3. The maximum absolute atomic E-state index is 14.2. The Kier molecular flexibility index (Phi) is 31.3. The number of carboxylic acids is 3. The number of nitrogens with two attached hydrogens (primary N) is 2. The molecule has 0 aliphatic rings. The molecule has 0 aromatic heterocycles. The minimum atomic E-state index is -1.82.